The summed E-state index contributed by atoms with van der Waals surface area (Å²) in [7, 11) is 2.43. The monoisotopic (exact) mass is 356 g/mol. The number of hydrogen-bond acceptors (Lipinski definition) is 2. The zero-order chi connectivity index (χ0) is 18.0. The van der Waals surface area contributed by atoms with Gasteiger partial charge in [0.1, 0.15) is 0 Å². The van der Waals surface area contributed by atoms with Gasteiger partial charge in [0, 0.05) is 12.3 Å². The summed E-state index contributed by atoms with van der Waals surface area (Å²) < 4.78 is 7.28. The minimum absolute atomic E-state index is 0.0387. The van der Waals surface area contributed by atoms with E-state index in [0.717, 1.165) is 31.2 Å². The van der Waals surface area contributed by atoms with Gasteiger partial charge < -0.3 is 9.22 Å². The van der Waals surface area contributed by atoms with Crippen LogP contribution in [-0.2, 0) is 14.9 Å². The molecule has 1 saturated carbocycles. The molecule has 4 rings (SSSR count). The van der Waals surface area contributed by atoms with Gasteiger partial charge in [0.2, 0.25) is 0 Å². The number of quaternary nitrogens is 1. The van der Waals surface area contributed by atoms with E-state index in [1.54, 1.807) is 0 Å². The molecule has 3 aliphatic rings. The molecule has 2 aliphatic heterocycles. The molecule has 0 N–H and O–H groups in total. The highest BCUT2D eigenvalue weighted by atomic mass is 16.5. The molecular weight excluding hydrogens is 322 g/mol. The number of carbonyl (C=O) groups is 1. The molecule has 3 nitrogen and oxygen atoms in total. The van der Waals surface area contributed by atoms with Crippen LogP contribution in [-0.4, -0.2) is 43.2 Å². The maximum absolute atomic E-state index is 13.2. The van der Waals surface area contributed by atoms with Crippen LogP contribution in [0.2, 0.25) is 0 Å². The fraction of sp³-hybridized carbons (Fsp3) is 0.696. The Morgan fingerprint density at radius 2 is 1.77 bits per heavy atom. The Morgan fingerprint density at radius 3 is 2.54 bits per heavy atom. The van der Waals surface area contributed by atoms with Crippen LogP contribution in [0.25, 0.3) is 0 Å². The van der Waals surface area contributed by atoms with E-state index in [9.17, 15) is 4.79 Å². The summed E-state index contributed by atoms with van der Waals surface area (Å²) in [6.45, 7) is 3.25. The zero-order valence-electron chi connectivity index (χ0n) is 16.3. The molecule has 1 aliphatic carbocycles. The van der Waals surface area contributed by atoms with Crippen molar-refractivity contribution in [3.05, 3.63) is 35.9 Å². The van der Waals surface area contributed by atoms with Gasteiger partial charge in [-0.05, 0) is 44.1 Å². The van der Waals surface area contributed by atoms with Gasteiger partial charge in [-0.3, -0.25) is 4.79 Å². The number of hydrogen-bond donors (Lipinski definition) is 0. The van der Waals surface area contributed by atoms with Crippen LogP contribution in [0, 0.1) is 5.92 Å². The zero-order valence-corrected chi connectivity index (χ0v) is 16.3. The van der Waals surface area contributed by atoms with Crippen LogP contribution >= 0.6 is 0 Å². The second-order valence-corrected chi connectivity index (χ2v) is 9.15. The lowest BCUT2D eigenvalue weighted by molar-refractivity contribution is -0.947. The number of carbonyl (C=O) groups excluding carboxylic acids is 1. The van der Waals surface area contributed by atoms with Crippen molar-refractivity contribution < 1.29 is 14.0 Å². The van der Waals surface area contributed by atoms with Gasteiger partial charge in [-0.25, -0.2) is 0 Å². The Kier molecular flexibility index (Phi) is 5.09. The maximum Gasteiger partial charge on any atom is 0.316 e. The van der Waals surface area contributed by atoms with E-state index in [1.807, 2.05) is 6.07 Å². The molecule has 3 unspecified atom stereocenters. The third-order valence-corrected chi connectivity index (χ3v) is 7.61. The summed E-state index contributed by atoms with van der Waals surface area (Å²) in [5.74, 6) is 0.587. The maximum atomic E-state index is 13.2. The fourth-order valence-corrected chi connectivity index (χ4v) is 6.10. The molecule has 3 heteroatoms. The minimum atomic E-state index is -0.388. The van der Waals surface area contributed by atoms with E-state index in [-0.39, 0.29) is 11.4 Å². The van der Waals surface area contributed by atoms with E-state index in [0.29, 0.717) is 18.6 Å². The average molecular weight is 357 g/mol. The molecule has 0 aromatic heterocycles. The van der Waals surface area contributed by atoms with Crippen LogP contribution in [0.4, 0.5) is 0 Å². The molecule has 1 aromatic carbocycles. The molecule has 26 heavy (non-hydrogen) atoms. The Hall–Kier alpha value is -1.35. The molecule has 0 spiro atoms. The van der Waals surface area contributed by atoms with Crippen molar-refractivity contribution in [2.24, 2.45) is 5.92 Å². The fourth-order valence-electron chi connectivity index (χ4n) is 6.10. The highest BCUT2D eigenvalue weighted by Gasteiger charge is 2.47. The first-order valence-electron chi connectivity index (χ1n) is 10.7. The van der Waals surface area contributed by atoms with E-state index >= 15 is 0 Å². The normalized spacial score (nSPS) is 33.4. The number of benzene rings is 1. The molecule has 0 radical (unpaired) electrons. The second-order valence-electron chi connectivity index (χ2n) is 9.15. The first-order chi connectivity index (χ1) is 12.6. The second kappa shape index (κ2) is 7.34. The molecule has 3 atom stereocenters. The number of piperidine rings is 2. The van der Waals surface area contributed by atoms with E-state index in [4.69, 9.17) is 4.74 Å². The van der Waals surface area contributed by atoms with Crippen LogP contribution in [0.15, 0.2) is 30.3 Å². The third-order valence-electron chi connectivity index (χ3n) is 7.61. The highest BCUT2D eigenvalue weighted by molar-refractivity contribution is 5.83. The number of ether oxygens (including phenoxy) is 1. The number of esters is 1. The summed E-state index contributed by atoms with van der Waals surface area (Å²) in [5, 5.41) is 0. The standard InChI is InChI=1S/C23H34NO2/c1-24-16-8-5-13-21(24)19(10-9-17-24)18-26-22(25)23(14-6-7-15-23)20-11-3-2-4-12-20/h2-4,11-12,19,21H,5-10,13-18H2,1H3/q+1. The SMILES string of the molecule is C[N+]12CCCCC1C(COC(=O)C1(c3ccccc3)CCCC1)CCC2. The number of rotatable bonds is 4. The summed E-state index contributed by atoms with van der Waals surface area (Å²) in [6, 6.07) is 11.1. The van der Waals surface area contributed by atoms with Gasteiger partial charge in [-0.15, -0.1) is 0 Å². The topological polar surface area (TPSA) is 26.3 Å². The predicted octanol–water partition coefficient (Wildman–Crippen LogP) is 4.45. The number of fused-ring (bicyclic) bond motifs is 1. The summed E-state index contributed by atoms with van der Waals surface area (Å²) in [6.07, 6.45) is 10.7. The van der Waals surface area contributed by atoms with Gasteiger partial charge in [0.25, 0.3) is 0 Å². The van der Waals surface area contributed by atoms with Gasteiger partial charge in [-0.2, -0.15) is 0 Å². The van der Waals surface area contributed by atoms with Crippen LogP contribution in [0.1, 0.15) is 63.4 Å². The lowest BCUT2D eigenvalue weighted by atomic mass is 9.78. The molecule has 2 saturated heterocycles. The van der Waals surface area contributed by atoms with Crippen molar-refractivity contribution in [2.45, 2.75) is 69.2 Å². The van der Waals surface area contributed by atoms with Crippen molar-refractivity contribution in [1.82, 2.24) is 0 Å². The first kappa shape index (κ1) is 18.0. The molecule has 0 bridgehead atoms. The van der Waals surface area contributed by atoms with Gasteiger partial charge >= 0.3 is 5.97 Å². The van der Waals surface area contributed by atoms with Crippen molar-refractivity contribution in [3.63, 3.8) is 0 Å². The quantitative estimate of drug-likeness (QED) is 0.588. The largest absolute Gasteiger partial charge is 0.464 e. The third kappa shape index (κ3) is 3.19. The molecule has 142 valence electrons. The minimum Gasteiger partial charge on any atom is -0.464 e. The predicted molar refractivity (Wildman–Crippen MR) is 104 cm³/mol. The smallest absolute Gasteiger partial charge is 0.316 e. The Labute approximate surface area is 158 Å². The highest BCUT2D eigenvalue weighted by Crippen LogP contribution is 2.43. The van der Waals surface area contributed by atoms with Crippen molar-refractivity contribution in [1.29, 1.82) is 0 Å². The molecule has 0 amide bonds. The Morgan fingerprint density at radius 1 is 1.04 bits per heavy atom. The lowest BCUT2D eigenvalue weighted by Crippen LogP contribution is -2.61. The first-order valence-corrected chi connectivity index (χ1v) is 10.7. The lowest BCUT2D eigenvalue weighted by Gasteiger charge is -2.51. The van der Waals surface area contributed by atoms with Gasteiger partial charge in [0.05, 0.1) is 38.2 Å². The van der Waals surface area contributed by atoms with Crippen molar-refractivity contribution in [3.8, 4) is 0 Å². The molecular formula is C23H34NO2+. The number of nitrogens with zero attached hydrogens (tertiary/aromatic N) is 1. The Balaban J connectivity index is 1.46. The molecule has 1 aromatic rings. The van der Waals surface area contributed by atoms with Crippen LogP contribution in [0.5, 0.6) is 0 Å². The van der Waals surface area contributed by atoms with Gasteiger partial charge in [0.15, 0.2) is 0 Å². The molecule has 2 heterocycles. The van der Waals surface area contributed by atoms with Crippen LogP contribution in [0.3, 0.4) is 0 Å². The summed E-state index contributed by atoms with van der Waals surface area (Å²) in [5.41, 5.74) is 0.769. The Bertz CT molecular complexity index is 618. The summed E-state index contributed by atoms with van der Waals surface area (Å²) in [4.78, 5) is 13.2. The molecule has 3 fully saturated rings. The van der Waals surface area contributed by atoms with Crippen molar-refractivity contribution >= 4 is 5.97 Å². The van der Waals surface area contributed by atoms with Gasteiger partial charge in [-0.1, -0.05) is 43.2 Å². The van der Waals surface area contributed by atoms with E-state index in [1.165, 1.54) is 49.7 Å². The van der Waals surface area contributed by atoms with Crippen LogP contribution < -0.4 is 0 Å². The average Bonchev–Trinajstić information content (AvgIpc) is 3.17. The summed E-state index contributed by atoms with van der Waals surface area (Å²) >= 11 is 0. The van der Waals surface area contributed by atoms with Crippen molar-refractivity contribution in [2.75, 3.05) is 26.7 Å². The van der Waals surface area contributed by atoms with E-state index < -0.39 is 0 Å². The van der Waals surface area contributed by atoms with E-state index in [2.05, 4.69) is 31.3 Å².